The molecule has 88 valence electrons. The van der Waals surface area contributed by atoms with Crippen LogP contribution in [-0.4, -0.2) is 19.4 Å². The lowest BCUT2D eigenvalue weighted by Gasteiger charge is -2.21. The van der Waals surface area contributed by atoms with E-state index in [1.54, 1.807) is 19.2 Å². The molecule has 0 spiro atoms. The van der Waals surface area contributed by atoms with Crippen LogP contribution in [0.25, 0.3) is 0 Å². The molecule has 2 N–H and O–H groups in total. The Balaban J connectivity index is 3.10. The normalized spacial score (nSPS) is 11.3. The highest BCUT2D eigenvalue weighted by Gasteiger charge is 2.27. The van der Waals surface area contributed by atoms with Gasteiger partial charge in [-0.05, 0) is 30.7 Å². The van der Waals surface area contributed by atoms with Crippen molar-refractivity contribution in [2.75, 3.05) is 13.7 Å². The number of Topliss-reactive ketones (excluding diaryl/α,β-unsaturated/α-hetero) is 1. The van der Waals surface area contributed by atoms with Crippen LogP contribution in [0.2, 0.25) is 0 Å². The number of carbonyl (C=O) groups is 1. The number of nitrogens with two attached hydrogens (primary N) is 1. The van der Waals surface area contributed by atoms with Gasteiger partial charge in [-0.1, -0.05) is 13.8 Å². The second-order valence-corrected chi connectivity index (χ2v) is 4.60. The van der Waals surface area contributed by atoms with Gasteiger partial charge >= 0.3 is 0 Å². The molecule has 0 aliphatic heterocycles. The largest absolute Gasteiger partial charge is 0.497 e. The Labute approximate surface area is 96.6 Å². The minimum absolute atomic E-state index is 0.0788. The Bertz CT molecular complexity index is 397. The van der Waals surface area contributed by atoms with E-state index in [2.05, 4.69) is 0 Å². The molecule has 1 aromatic carbocycles. The van der Waals surface area contributed by atoms with Gasteiger partial charge in [0.25, 0.3) is 0 Å². The van der Waals surface area contributed by atoms with Gasteiger partial charge < -0.3 is 10.5 Å². The molecule has 0 unspecified atom stereocenters. The summed E-state index contributed by atoms with van der Waals surface area (Å²) in [6.07, 6.45) is 0. The first kappa shape index (κ1) is 12.7. The monoisotopic (exact) mass is 221 g/mol. The Morgan fingerprint density at radius 1 is 1.44 bits per heavy atom. The molecule has 0 aliphatic carbocycles. The van der Waals surface area contributed by atoms with E-state index in [0.717, 1.165) is 16.9 Å². The average Bonchev–Trinajstić information content (AvgIpc) is 2.28. The summed E-state index contributed by atoms with van der Waals surface area (Å²) in [4.78, 5) is 12.2. The van der Waals surface area contributed by atoms with E-state index < -0.39 is 5.41 Å². The average molecular weight is 221 g/mol. The summed E-state index contributed by atoms with van der Waals surface area (Å²) >= 11 is 0. The molecule has 3 nitrogen and oxygen atoms in total. The summed E-state index contributed by atoms with van der Waals surface area (Å²) in [5.41, 5.74) is 6.73. The number of ether oxygens (including phenoxy) is 1. The minimum Gasteiger partial charge on any atom is -0.497 e. The van der Waals surface area contributed by atoms with Gasteiger partial charge in [0.15, 0.2) is 5.78 Å². The Kier molecular flexibility index (Phi) is 3.70. The number of methoxy groups -OCH3 is 1. The number of aryl methyl sites for hydroxylation is 1. The summed E-state index contributed by atoms with van der Waals surface area (Å²) in [5, 5.41) is 0. The number of benzene rings is 1. The third kappa shape index (κ3) is 2.42. The predicted molar refractivity (Wildman–Crippen MR) is 64.9 cm³/mol. The third-order valence-electron chi connectivity index (χ3n) is 2.80. The van der Waals surface area contributed by atoms with Crippen LogP contribution >= 0.6 is 0 Å². The van der Waals surface area contributed by atoms with Gasteiger partial charge in [0.05, 0.1) is 7.11 Å². The van der Waals surface area contributed by atoms with Crippen molar-refractivity contribution in [3.8, 4) is 5.75 Å². The van der Waals surface area contributed by atoms with Crippen LogP contribution in [0.3, 0.4) is 0 Å². The lowest BCUT2D eigenvalue weighted by molar-refractivity contribution is 0.0847. The molecule has 0 saturated heterocycles. The van der Waals surface area contributed by atoms with E-state index in [1.165, 1.54) is 0 Å². The molecule has 16 heavy (non-hydrogen) atoms. The first-order chi connectivity index (χ1) is 7.42. The molecule has 0 atom stereocenters. The lowest BCUT2D eigenvalue weighted by Crippen LogP contribution is -2.33. The number of rotatable bonds is 4. The van der Waals surface area contributed by atoms with Crippen molar-refractivity contribution in [1.29, 1.82) is 0 Å². The molecule has 0 aliphatic rings. The van der Waals surface area contributed by atoms with Gasteiger partial charge in [0.1, 0.15) is 5.75 Å². The first-order valence-corrected chi connectivity index (χ1v) is 5.32. The fourth-order valence-corrected chi connectivity index (χ4v) is 1.48. The fraction of sp³-hybridized carbons (Fsp3) is 0.462. The second kappa shape index (κ2) is 4.66. The van der Waals surface area contributed by atoms with Gasteiger partial charge in [0, 0.05) is 17.5 Å². The maximum Gasteiger partial charge on any atom is 0.169 e. The highest BCUT2D eigenvalue weighted by molar-refractivity contribution is 6.01. The molecule has 1 aromatic rings. The Hall–Kier alpha value is -1.35. The second-order valence-electron chi connectivity index (χ2n) is 4.60. The Morgan fingerprint density at radius 3 is 2.50 bits per heavy atom. The minimum atomic E-state index is -0.515. The van der Waals surface area contributed by atoms with E-state index in [9.17, 15) is 4.79 Å². The Morgan fingerprint density at radius 2 is 2.06 bits per heavy atom. The number of carbonyl (C=O) groups excluding carboxylic acids is 1. The zero-order chi connectivity index (χ0) is 12.3. The van der Waals surface area contributed by atoms with Crippen LogP contribution in [0.5, 0.6) is 5.75 Å². The van der Waals surface area contributed by atoms with Gasteiger partial charge in [-0.3, -0.25) is 4.79 Å². The number of hydrogen-bond acceptors (Lipinski definition) is 3. The maximum absolute atomic E-state index is 12.2. The van der Waals surface area contributed by atoms with Crippen LogP contribution in [-0.2, 0) is 0 Å². The quantitative estimate of drug-likeness (QED) is 0.793. The highest BCUT2D eigenvalue weighted by atomic mass is 16.5. The van der Waals surface area contributed by atoms with E-state index in [1.807, 2.05) is 26.8 Å². The van der Waals surface area contributed by atoms with E-state index in [0.29, 0.717) is 6.54 Å². The van der Waals surface area contributed by atoms with Crippen LogP contribution in [0, 0.1) is 12.3 Å². The molecule has 0 aromatic heterocycles. The molecule has 3 heteroatoms. The van der Waals surface area contributed by atoms with Crippen molar-refractivity contribution in [2.45, 2.75) is 20.8 Å². The fourth-order valence-electron chi connectivity index (χ4n) is 1.48. The predicted octanol–water partition coefficient (Wildman–Crippen LogP) is 2.17. The van der Waals surface area contributed by atoms with Crippen LogP contribution in [0.1, 0.15) is 29.8 Å². The SMILES string of the molecule is COc1ccc(C(=O)C(C)(C)CN)c(C)c1. The van der Waals surface area contributed by atoms with Gasteiger partial charge in [-0.2, -0.15) is 0 Å². The molecule has 0 radical (unpaired) electrons. The number of ketones is 1. The lowest BCUT2D eigenvalue weighted by atomic mass is 9.83. The van der Waals surface area contributed by atoms with Crippen LogP contribution in [0.15, 0.2) is 18.2 Å². The van der Waals surface area contributed by atoms with Crippen molar-refractivity contribution in [2.24, 2.45) is 11.1 Å². The van der Waals surface area contributed by atoms with E-state index >= 15 is 0 Å². The van der Waals surface area contributed by atoms with Crippen LogP contribution in [0.4, 0.5) is 0 Å². The molecule has 0 fully saturated rings. The van der Waals surface area contributed by atoms with Gasteiger partial charge in [-0.15, -0.1) is 0 Å². The summed E-state index contributed by atoms with van der Waals surface area (Å²) < 4.78 is 5.11. The van der Waals surface area contributed by atoms with Crippen molar-refractivity contribution in [1.82, 2.24) is 0 Å². The summed E-state index contributed by atoms with van der Waals surface area (Å²) in [6, 6.07) is 5.46. The zero-order valence-electron chi connectivity index (χ0n) is 10.3. The van der Waals surface area contributed by atoms with E-state index in [4.69, 9.17) is 10.5 Å². The van der Waals surface area contributed by atoms with Crippen molar-refractivity contribution in [3.63, 3.8) is 0 Å². The molecular formula is C13H19NO2. The molecule has 0 saturated carbocycles. The topological polar surface area (TPSA) is 52.3 Å². The first-order valence-electron chi connectivity index (χ1n) is 5.32. The third-order valence-corrected chi connectivity index (χ3v) is 2.80. The summed E-state index contributed by atoms with van der Waals surface area (Å²) in [6.45, 7) is 5.97. The molecule has 0 bridgehead atoms. The smallest absolute Gasteiger partial charge is 0.169 e. The highest BCUT2D eigenvalue weighted by Crippen LogP contribution is 2.25. The van der Waals surface area contributed by atoms with Crippen molar-refractivity contribution >= 4 is 5.78 Å². The number of hydrogen-bond donors (Lipinski definition) is 1. The zero-order valence-corrected chi connectivity index (χ0v) is 10.3. The molecule has 0 heterocycles. The maximum atomic E-state index is 12.2. The van der Waals surface area contributed by atoms with Gasteiger partial charge in [-0.25, -0.2) is 0 Å². The van der Waals surface area contributed by atoms with E-state index in [-0.39, 0.29) is 5.78 Å². The van der Waals surface area contributed by atoms with Crippen molar-refractivity contribution in [3.05, 3.63) is 29.3 Å². The standard InChI is InChI=1S/C13H19NO2/c1-9-7-10(16-4)5-6-11(9)12(15)13(2,3)8-14/h5-7H,8,14H2,1-4H3. The molecule has 1 rings (SSSR count). The summed E-state index contributed by atoms with van der Waals surface area (Å²) in [5.74, 6) is 0.842. The summed E-state index contributed by atoms with van der Waals surface area (Å²) in [7, 11) is 1.61. The molecular weight excluding hydrogens is 202 g/mol. The van der Waals surface area contributed by atoms with Crippen molar-refractivity contribution < 1.29 is 9.53 Å². The van der Waals surface area contributed by atoms with Gasteiger partial charge in [0.2, 0.25) is 0 Å². The molecule has 0 amide bonds. The van der Waals surface area contributed by atoms with Crippen LogP contribution < -0.4 is 10.5 Å².